The van der Waals surface area contributed by atoms with Crippen LogP contribution in [0.5, 0.6) is 5.75 Å². The number of ether oxygens (including phenoxy) is 1. The number of nitrogens with zero attached hydrogens (tertiary/aromatic N) is 2. The summed E-state index contributed by atoms with van der Waals surface area (Å²) in [6.45, 7) is 10.1. The van der Waals surface area contributed by atoms with E-state index in [1.807, 2.05) is 52.0 Å². The quantitative estimate of drug-likeness (QED) is 0.322. The van der Waals surface area contributed by atoms with Crippen LogP contribution in [0, 0.1) is 12.8 Å². The van der Waals surface area contributed by atoms with Gasteiger partial charge in [0, 0.05) is 13.1 Å². The van der Waals surface area contributed by atoms with Gasteiger partial charge >= 0.3 is 0 Å². The lowest BCUT2D eigenvalue weighted by molar-refractivity contribution is -0.139. The topological polar surface area (TPSA) is 96.0 Å². The third kappa shape index (κ3) is 8.08. The van der Waals surface area contributed by atoms with Crippen LogP contribution in [0.3, 0.4) is 0 Å². The molecule has 0 aliphatic rings. The van der Waals surface area contributed by atoms with E-state index >= 15 is 0 Å². The fraction of sp³-hybridized carbons (Fsp3) is 0.355. The number of carbonyl (C=O) groups is 2. The molecule has 0 saturated heterocycles. The fourth-order valence-electron chi connectivity index (χ4n) is 4.05. The van der Waals surface area contributed by atoms with E-state index in [0.717, 1.165) is 15.4 Å². The molecule has 0 aliphatic heterocycles. The molecule has 3 rings (SSSR count). The molecule has 40 heavy (non-hydrogen) atoms. The Morgan fingerprint density at radius 1 is 0.900 bits per heavy atom. The predicted octanol–water partition coefficient (Wildman–Crippen LogP) is 4.78. The molecule has 8 nitrogen and oxygen atoms in total. The van der Waals surface area contributed by atoms with E-state index in [9.17, 15) is 18.0 Å². The van der Waals surface area contributed by atoms with Crippen molar-refractivity contribution in [3.63, 3.8) is 0 Å². The van der Waals surface area contributed by atoms with Crippen LogP contribution >= 0.6 is 0 Å². The molecular weight excluding hydrogens is 526 g/mol. The van der Waals surface area contributed by atoms with Gasteiger partial charge in [0.05, 0.1) is 17.2 Å². The van der Waals surface area contributed by atoms with Crippen molar-refractivity contribution in [3.05, 3.63) is 90.0 Å². The van der Waals surface area contributed by atoms with Crippen molar-refractivity contribution >= 4 is 27.5 Å². The van der Waals surface area contributed by atoms with Crippen LogP contribution in [0.4, 0.5) is 5.69 Å². The van der Waals surface area contributed by atoms with E-state index in [4.69, 9.17) is 4.74 Å². The summed E-state index contributed by atoms with van der Waals surface area (Å²) in [5.41, 5.74) is 2.25. The van der Waals surface area contributed by atoms with Crippen LogP contribution < -0.4 is 14.4 Å². The Morgan fingerprint density at radius 2 is 1.52 bits per heavy atom. The highest BCUT2D eigenvalue weighted by Crippen LogP contribution is 2.26. The van der Waals surface area contributed by atoms with Gasteiger partial charge in [-0.1, -0.05) is 61.9 Å². The molecule has 3 aromatic carbocycles. The van der Waals surface area contributed by atoms with E-state index in [2.05, 4.69) is 5.32 Å². The molecule has 0 heterocycles. The second kappa shape index (κ2) is 14.0. The molecule has 9 heteroatoms. The number of rotatable bonds is 13. The van der Waals surface area contributed by atoms with Gasteiger partial charge in [-0.05, 0) is 68.7 Å². The molecule has 3 aromatic rings. The predicted molar refractivity (Wildman–Crippen MR) is 158 cm³/mol. The van der Waals surface area contributed by atoms with E-state index < -0.39 is 28.5 Å². The van der Waals surface area contributed by atoms with Crippen molar-refractivity contribution in [1.29, 1.82) is 0 Å². The van der Waals surface area contributed by atoms with Gasteiger partial charge in [0.2, 0.25) is 11.8 Å². The first kappa shape index (κ1) is 30.7. The van der Waals surface area contributed by atoms with Gasteiger partial charge < -0.3 is 15.0 Å². The second-order valence-electron chi connectivity index (χ2n) is 10.1. The summed E-state index contributed by atoms with van der Waals surface area (Å²) in [5.74, 6) is 0.000421. The van der Waals surface area contributed by atoms with Crippen molar-refractivity contribution in [2.45, 2.75) is 52.1 Å². The highest BCUT2D eigenvalue weighted by Gasteiger charge is 2.32. The normalized spacial score (nSPS) is 12.1. The van der Waals surface area contributed by atoms with Gasteiger partial charge in [0.25, 0.3) is 10.0 Å². The summed E-state index contributed by atoms with van der Waals surface area (Å²) in [7, 11) is -4.13. The average molecular weight is 566 g/mol. The lowest BCUT2D eigenvalue weighted by Gasteiger charge is -2.32. The molecule has 214 valence electrons. The van der Waals surface area contributed by atoms with E-state index in [0.29, 0.717) is 24.6 Å². The number of aryl methyl sites for hydroxylation is 1. The highest BCUT2D eigenvalue weighted by atomic mass is 32.2. The lowest BCUT2D eigenvalue weighted by Crippen LogP contribution is -2.51. The van der Waals surface area contributed by atoms with E-state index in [1.165, 1.54) is 17.0 Å². The number of hydrogen-bond acceptors (Lipinski definition) is 5. The summed E-state index contributed by atoms with van der Waals surface area (Å²) in [4.78, 5) is 28.4. The van der Waals surface area contributed by atoms with Gasteiger partial charge in [0.15, 0.2) is 0 Å². The van der Waals surface area contributed by atoms with Gasteiger partial charge in [-0.15, -0.1) is 0 Å². The van der Waals surface area contributed by atoms with Gasteiger partial charge in [-0.3, -0.25) is 13.9 Å². The zero-order valence-corrected chi connectivity index (χ0v) is 24.6. The smallest absolute Gasteiger partial charge is 0.264 e. The molecule has 0 fully saturated rings. The molecule has 1 N–H and O–H groups in total. The Bertz CT molecular complexity index is 1360. The molecule has 0 spiro atoms. The lowest BCUT2D eigenvalue weighted by atomic mass is 10.1. The minimum Gasteiger partial charge on any atom is -0.494 e. The Labute approximate surface area is 238 Å². The average Bonchev–Trinajstić information content (AvgIpc) is 2.94. The number of sulfonamides is 1. The summed E-state index contributed by atoms with van der Waals surface area (Å²) in [6.07, 6.45) is 0. The number of nitrogens with one attached hydrogen (secondary N) is 1. The van der Waals surface area contributed by atoms with Crippen LogP contribution in [-0.4, -0.2) is 50.9 Å². The summed E-state index contributed by atoms with van der Waals surface area (Å²) >= 11 is 0. The van der Waals surface area contributed by atoms with Crippen LogP contribution in [0.15, 0.2) is 83.8 Å². The first-order chi connectivity index (χ1) is 19.0. The first-order valence-electron chi connectivity index (χ1n) is 13.5. The largest absolute Gasteiger partial charge is 0.494 e. The maximum absolute atomic E-state index is 13.9. The maximum Gasteiger partial charge on any atom is 0.264 e. The van der Waals surface area contributed by atoms with Crippen LogP contribution in [0.1, 0.15) is 38.8 Å². The Hall–Kier alpha value is -3.85. The molecule has 0 radical (unpaired) electrons. The zero-order chi connectivity index (χ0) is 29.3. The Kier molecular flexibility index (Phi) is 10.7. The molecule has 1 unspecified atom stereocenters. The minimum absolute atomic E-state index is 0.0282. The maximum atomic E-state index is 13.9. The molecule has 0 aromatic heterocycles. The number of hydrogen-bond donors (Lipinski definition) is 1. The fourth-order valence-corrected chi connectivity index (χ4v) is 5.46. The third-order valence-corrected chi connectivity index (χ3v) is 8.16. The van der Waals surface area contributed by atoms with Crippen molar-refractivity contribution < 1.29 is 22.7 Å². The summed E-state index contributed by atoms with van der Waals surface area (Å²) < 4.78 is 34.3. The molecule has 2 amide bonds. The molecule has 0 aliphatic carbocycles. The van der Waals surface area contributed by atoms with E-state index in [-0.39, 0.29) is 23.3 Å². The zero-order valence-electron chi connectivity index (χ0n) is 23.8. The molecule has 0 saturated carbocycles. The number of para-hydroxylation sites is 1. The molecular formula is C31H39N3O5S. The van der Waals surface area contributed by atoms with E-state index in [1.54, 1.807) is 49.4 Å². The van der Waals surface area contributed by atoms with Crippen LogP contribution in [0.2, 0.25) is 0 Å². The third-order valence-electron chi connectivity index (χ3n) is 6.37. The molecule has 0 bridgehead atoms. The monoisotopic (exact) mass is 565 g/mol. The van der Waals surface area contributed by atoms with Crippen molar-refractivity contribution in [3.8, 4) is 5.75 Å². The van der Waals surface area contributed by atoms with Crippen LogP contribution in [-0.2, 0) is 26.2 Å². The Balaban J connectivity index is 1.97. The van der Waals surface area contributed by atoms with Crippen molar-refractivity contribution in [1.82, 2.24) is 10.2 Å². The number of anilines is 1. The highest BCUT2D eigenvalue weighted by molar-refractivity contribution is 7.92. The van der Waals surface area contributed by atoms with Gasteiger partial charge in [0.1, 0.15) is 18.3 Å². The summed E-state index contributed by atoms with van der Waals surface area (Å²) in [6, 6.07) is 21.5. The minimum atomic E-state index is -4.13. The van der Waals surface area contributed by atoms with Crippen molar-refractivity contribution in [2.75, 3.05) is 24.0 Å². The number of amides is 2. The van der Waals surface area contributed by atoms with Gasteiger partial charge in [-0.25, -0.2) is 8.42 Å². The summed E-state index contributed by atoms with van der Waals surface area (Å²) in [5, 5.41) is 2.89. The first-order valence-corrected chi connectivity index (χ1v) is 14.9. The SMILES string of the molecule is CCOc1ccc(S(=O)(=O)N(CC(=O)N(Cc2ccc(C)cc2)C(C)C(=O)NCC(C)C)c2ccccc2)cc1. The molecule has 1 atom stereocenters. The Morgan fingerprint density at radius 3 is 2.10 bits per heavy atom. The standard InChI is InChI=1S/C31H39N3O5S/c1-6-39-28-16-18-29(19-17-28)40(37,38)34(27-10-8-7-9-11-27)22-30(35)33(21-26-14-12-24(4)13-15-26)25(5)31(36)32-20-23(2)3/h7-19,23,25H,6,20-22H2,1-5H3,(H,32,36). The second-order valence-corrected chi connectivity index (χ2v) is 11.9. The number of carbonyl (C=O) groups excluding carboxylic acids is 2. The van der Waals surface area contributed by atoms with Gasteiger partial charge in [-0.2, -0.15) is 0 Å². The van der Waals surface area contributed by atoms with Crippen LogP contribution in [0.25, 0.3) is 0 Å². The van der Waals surface area contributed by atoms with Crippen molar-refractivity contribution in [2.24, 2.45) is 5.92 Å². The number of benzene rings is 3.